The lowest BCUT2D eigenvalue weighted by atomic mass is 9.76. The van der Waals surface area contributed by atoms with Crippen LogP contribution in [0.15, 0.2) is 0 Å². The molecule has 2 rings (SSSR count). The summed E-state index contributed by atoms with van der Waals surface area (Å²) < 4.78 is 5.62. The van der Waals surface area contributed by atoms with Crippen molar-refractivity contribution >= 4 is 0 Å². The summed E-state index contributed by atoms with van der Waals surface area (Å²) in [5, 5.41) is 7.28. The van der Waals surface area contributed by atoms with Gasteiger partial charge in [0, 0.05) is 18.7 Å². The van der Waals surface area contributed by atoms with Gasteiger partial charge in [-0.15, -0.1) is 0 Å². The Labute approximate surface area is 106 Å². The van der Waals surface area contributed by atoms with Crippen molar-refractivity contribution in [2.24, 2.45) is 5.41 Å². The topological polar surface area (TPSA) is 33.3 Å². The highest BCUT2D eigenvalue weighted by Crippen LogP contribution is 2.32. The van der Waals surface area contributed by atoms with Crippen molar-refractivity contribution in [2.45, 2.75) is 51.5 Å². The quantitative estimate of drug-likeness (QED) is 0.788. The second-order valence-corrected chi connectivity index (χ2v) is 6.17. The van der Waals surface area contributed by atoms with Crippen LogP contribution < -0.4 is 10.6 Å². The Bertz CT molecular complexity index is 230. The van der Waals surface area contributed by atoms with Gasteiger partial charge in [-0.2, -0.15) is 0 Å². The minimum absolute atomic E-state index is 0.214. The first kappa shape index (κ1) is 13.3. The maximum Gasteiger partial charge on any atom is 0.0645 e. The normalized spacial score (nSPS) is 33.5. The van der Waals surface area contributed by atoms with Crippen LogP contribution in [0, 0.1) is 5.41 Å². The van der Waals surface area contributed by atoms with Crippen LogP contribution in [-0.2, 0) is 4.74 Å². The van der Waals surface area contributed by atoms with Crippen LogP contribution in [0.1, 0.15) is 46.0 Å². The Hall–Kier alpha value is -0.120. The molecule has 3 nitrogen and oxygen atoms in total. The zero-order valence-electron chi connectivity index (χ0n) is 11.5. The van der Waals surface area contributed by atoms with Gasteiger partial charge in [-0.1, -0.05) is 6.92 Å². The first-order chi connectivity index (χ1) is 8.18. The molecule has 2 heterocycles. The average molecular weight is 240 g/mol. The molecule has 0 aromatic heterocycles. The fraction of sp³-hybridized carbons (Fsp3) is 1.00. The minimum atomic E-state index is 0.214. The second kappa shape index (κ2) is 5.68. The van der Waals surface area contributed by atoms with Crippen LogP contribution in [0.2, 0.25) is 0 Å². The van der Waals surface area contributed by atoms with Crippen LogP contribution in [0.4, 0.5) is 0 Å². The van der Waals surface area contributed by atoms with Crippen molar-refractivity contribution in [3.05, 3.63) is 0 Å². The molecule has 0 saturated carbocycles. The second-order valence-electron chi connectivity index (χ2n) is 6.17. The van der Waals surface area contributed by atoms with Gasteiger partial charge in [-0.05, 0) is 57.5 Å². The van der Waals surface area contributed by atoms with Gasteiger partial charge in [0.15, 0.2) is 0 Å². The van der Waals surface area contributed by atoms with Gasteiger partial charge in [-0.25, -0.2) is 0 Å². The van der Waals surface area contributed by atoms with Crippen LogP contribution in [0.25, 0.3) is 0 Å². The van der Waals surface area contributed by atoms with Crippen LogP contribution in [0.3, 0.4) is 0 Å². The van der Waals surface area contributed by atoms with Gasteiger partial charge < -0.3 is 15.4 Å². The number of nitrogens with one attached hydrogen (secondary N) is 2. The molecule has 2 fully saturated rings. The van der Waals surface area contributed by atoms with Crippen molar-refractivity contribution in [3.63, 3.8) is 0 Å². The van der Waals surface area contributed by atoms with Crippen molar-refractivity contribution in [1.29, 1.82) is 0 Å². The third-order valence-corrected chi connectivity index (χ3v) is 4.74. The molecule has 17 heavy (non-hydrogen) atoms. The molecule has 0 aliphatic carbocycles. The van der Waals surface area contributed by atoms with E-state index in [-0.39, 0.29) is 5.54 Å². The summed E-state index contributed by atoms with van der Waals surface area (Å²) in [6.45, 7) is 10.0. The van der Waals surface area contributed by atoms with Crippen LogP contribution in [0.5, 0.6) is 0 Å². The van der Waals surface area contributed by atoms with E-state index in [4.69, 9.17) is 4.74 Å². The van der Waals surface area contributed by atoms with E-state index in [0.717, 1.165) is 19.8 Å². The Morgan fingerprint density at radius 3 is 2.59 bits per heavy atom. The Kier molecular flexibility index (Phi) is 4.45. The molecular weight excluding hydrogens is 212 g/mol. The summed E-state index contributed by atoms with van der Waals surface area (Å²) in [4.78, 5) is 0. The number of hydrogen-bond donors (Lipinski definition) is 2. The third-order valence-electron chi connectivity index (χ3n) is 4.74. The molecule has 2 saturated heterocycles. The summed E-state index contributed by atoms with van der Waals surface area (Å²) in [5.74, 6) is 0. The summed E-state index contributed by atoms with van der Waals surface area (Å²) in [6.07, 6.45) is 6.37. The average Bonchev–Trinajstić information content (AvgIpc) is 2.39. The number of ether oxygens (including phenoxy) is 1. The zero-order valence-corrected chi connectivity index (χ0v) is 11.5. The Morgan fingerprint density at radius 2 is 2.00 bits per heavy atom. The number of piperidine rings is 1. The molecule has 0 aromatic carbocycles. The van der Waals surface area contributed by atoms with E-state index in [1.165, 1.54) is 45.2 Å². The lowest BCUT2D eigenvalue weighted by Crippen LogP contribution is -2.54. The molecule has 0 bridgehead atoms. The maximum atomic E-state index is 5.62. The first-order valence-corrected chi connectivity index (χ1v) is 7.22. The maximum absolute atomic E-state index is 5.62. The number of hydrogen-bond acceptors (Lipinski definition) is 3. The lowest BCUT2D eigenvalue weighted by molar-refractivity contribution is 0.0201. The molecule has 0 aromatic rings. The molecule has 0 radical (unpaired) electrons. The molecule has 2 aliphatic heterocycles. The van der Waals surface area contributed by atoms with E-state index in [2.05, 4.69) is 24.5 Å². The van der Waals surface area contributed by atoms with E-state index in [1.54, 1.807) is 0 Å². The molecule has 0 spiro atoms. The highest BCUT2D eigenvalue weighted by atomic mass is 16.5. The van der Waals surface area contributed by atoms with Gasteiger partial charge in [0.2, 0.25) is 0 Å². The predicted molar refractivity (Wildman–Crippen MR) is 71.3 cm³/mol. The SMILES string of the molecule is CCC1(CNC2(C)CCCOC2)CCNCC1. The van der Waals surface area contributed by atoms with Gasteiger partial charge in [0.1, 0.15) is 0 Å². The van der Waals surface area contributed by atoms with Crippen molar-refractivity contribution in [3.8, 4) is 0 Å². The molecule has 2 N–H and O–H groups in total. The van der Waals surface area contributed by atoms with Crippen LogP contribution >= 0.6 is 0 Å². The predicted octanol–water partition coefficient (Wildman–Crippen LogP) is 1.92. The summed E-state index contributed by atoms with van der Waals surface area (Å²) in [7, 11) is 0. The molecule has 100 valence electrons. The molecular formula is C14H28N2O. The monoisotopic (exact) mass is 240 g/mol. The van der Waals surface area contributed by atoms with Gasteiger partial charge in [0.25, 0.3) is 0 Å². The smallest absolute Gasteiger partial charge is 0.0645 e. The highest BCUT2D eigenvalue weighted by Gasteiger charge is 2.34. The van der Waals surface area contributed by atoms with Crippen molar-refractivity contribution < 1.29 is 4.74 Å². The van der Waals surface area contributed by atoms with E-state index in [9.17, 15) is 0 Å². The molecule has 3 heteroatoms. The molecule has 2 aliphatic rings. The summed E-state index contributed by atoms with van der Waals surface area (Å²) >= 11 is 0. The highest BCUT2D eigenvalue weighted by molar-refractivity contribution is 4.91. The van der Waals surface area contributed by atoms with E-state index in [1.807, 2.05) is 0 Å². The number of rotatable bonds is 4. The van der Waals surface area contributed by atoms with Gasteiger partial charge >= 0.3 is 0 Å². The lowest BCUT2D eigenvalue weighted by Gasteiger charge is -2.42. The Balaban J connectivity index is 1.86. The first-order valence-electron chi connectivity index (χ1n) is 7.22. The minimum Gasteiger partial charge on any atom is -0.380 e. The van der Waals surface area contributed by atoms with Gasteiger partial charge in [-0.3, -0.25) is 0 Å². The fourth-order valence-corrected chi connectivity index (χ4v) is 3.09. The fourth-order valence-electron chi connectivity index (χ4n) is 3.09. The van der Waals surface area contributed by atoms with Crippen molar-refractivity contribution in [1.82, 2.24) is 10.6 Å². The van der Waals surface area contributed by atoms with E-state index in [0.29, 0.717) is 5.41 Å². The summed E-state index contributed by atoms with van der Waals surface area (Å²) in [5.41, 5.74) is 0.733. The van der Waals surface area contributed by atoms with E-state index >= 15 is 0 Å². The third kappa shape index (κ3) is 3.43. The zero-order chi connectivity index (χ0) is 12.2. The van der Waals surface area contributed by atoms with Crippen molar-refractivity contribution in [2.75, 3.05) is 32.8 Å². The largest absolute Gasteiger partial charge is 0.380 e. The van der Waals surface area contributed by atoms with Crippen LogP contribution in [-0.4, -0.2) is 38.4 Å². The van der Waals surface area contributed by atoms with Gasteiger partial charge in [0.05, 0.1) is 6.61 Å². The molecule has 1 atom stereocenters. The molecule has 1 unspecified atom stereocenters. The summed E-state index contributed by atoms with van der Waals surface area (Å²) in [6, 6.07) is 0. The standard InChI is InChI=1S/C14H28N2O/c1-3-14(6-8-15-9-7-14)11-16-13(2)5-4-10-17-12-13/h15-16H,3-12H2,1-2H3. The Morgan fingerprint density at radius 1 is 1.24 bits per heavy atom. The molecule has 0 amide bonds. The van der Waals surface area contributed by atoms with E-state index < -0.39 is 0 Å².